The summed E-state index contributed by atoms with van der Waals surface area (Å²) in [5.74, 6) is 0.0251. The molecule has 2 N–H and O–H groups in total. The molecule has 0 saturated heterocycles. The van der Waals surface area contributed by atoms with Crippen molar-refractivity contribution in [3.63, 3.8) is 0 Å². The zero-order chi connectivity index (χ0) is 14.6. The van der Waals surface area contributed by atoms with Gasteiger partial charge in [0.1, 0.15) is 6.54 Å². The maximum Gasteiger partial charge on any atom is 0.242 e. The minimum absolute atomic E-state index is 0.0251. The first-order valence-corrected chi connectivity index (χ1v) is 7.36. The van der Waals surface area contributed by atoms with Crippen molar-refractivity contribution >= 4 is 5.91 Å². The summed E-state index contributed by atoms with van der Waals surface area (Å²) in [6, 6.07) is 0.355. The fraction of sp³-hybridized carbons (Fsp3) is 0.786. The largest absolute Gasteiger partial charge is 0.352 e. The number of aromatic nitrogens is 3. The Labute approximate surface area is 120 Å². The van der Waals surface area contributed by atoms with Gasteiger partial charge in [0, 0.05) is 18.1 Å². The molecule has 0 radical (unpaired) electrons. The number of nitrogens with zero attached hydrogens (tertiary/aromatic N) is 3. The minimum Gasteiger partial charge on any atom is -0.352 e. The van der Waals surface area contributed by atoms with Crippen LogP contribution < -0.4 is 10.6 Å². The molecule has 112 valence electrons. The lowest BCUT2D eigenvalue weighted by molar-refractivity contribution is -0.122. The van der Waals surface area contributed by atoms with E-state index in [0.29, 0.717) is 12.6 Å². The van der Waals surface area contributed by atoms with Gasteiger partial charge in [-0.1, -0.05) is 18.1 Å². The van der Waals surface area contributed by atoms with Crippen LogP contribution in [-0.2, 0) is 17.9 Å². The van der Waals surface area contributed by atoms with Crippen molar-refractivity contribution in [1.82, 2.24) is 25.6 Å². The van der Waals surface area contributed by atoms with E-state index < -0.39 is 0 Å². The highest BCUT2D eigenvalue weighted by Gasteiger charge is 2.17. The molecule has 1 fully saturated rings. The van der Waals surface area contributed by atoms with Crippen LogP contribution in [0.15, 0.2) is 6.20 Å². The number of carbonyl (C=O) groups excluding carboxylic acids is 1. The SMILES string of the molecule is CC(C)(C)NCc1cn(CC(=O)NC2CCCC2)nn1. The van der Waals surface area contributed by atoms with Crippen molar-refractivity contribution < 1.29 is 4.79 Å². The molecule has 6 nitrogen and oxygen atoms in total. The van der Waals surface area contributed by atoms with E-state index in [2.05, 4.69) is 41.7 Å². The van der Waals surface area contributed by atoms with Gasteiger partial charge in [-0.25, -0.2) is 4.68 Å². The second-order valence-corrected chi connectivity index (χ2v) is 6.56. The highest BCUT2D eigenvalue weighted by Crippen LogP contribution is 2.17. The Morgan fingerprint density at radius 3 is 2.75 bits per heavy atom. The van der Waals surface area contributed by atoms with Crippen LogP contribution in [0, 0.1) is 0 Å². The Hall–Kier alpha value is -1.43. The van der Waals surface area contributed by atoms with Gasteiger partial charge in [0.05, 0.1) is 11.9 Å². The second-order valence-electron chi connectivity index (χ2n) is 6.56. The van der Waals surface area contributed by atoms with Gasteiger partial charge in [-0.05, 0) is 33.6 Å². The van der Waals surface area contributed by atoms with Crippen molar-refractivity contribution in [2.75, 3.05) is 0 Å². The van der Waals surface area contributed by atoms with Crippen LogP contribution in [0.25, 0.3) is 0 Å². The lowest BCUT2D eigenvalue weighted by Gasteiger charge is -2.19. The van der Waals surface area contributed by atoms with Crippen molar-refractivity contribution in [2.45, 2.75) is 71.1 Å². The summed E-state index contributed by atoms with van der Waals surface area (Å²) >= 11 is 0. The quantitative estimate of drug-likeness (QED) is 0.850. The highest BCUT2D eigenvalue weighted by atomic mass is 16.2. The fourth-order valence-corrected chi connectivity index (χ4v) is 2.34. The third-order valence-corrected chi connectivity index (χ3v) is 3.41. The van der Waals surface area contributed by atoms with Gasteiger partial charge in [-0.15, -0.1) is 5.10 Å². The average Bonchev–Trinajstić information content (AvgIpc) is 2.97. The van der Waals surface area contributed by atoms with Crippen LogP contribution in [0.4, 0.5) is 0 Å². The lowest BCUT2D eigenvalue weighted by atomic mass is 10.1. The number of hydrogen-bond donors (Lipinski definition) is 2. The summed E-state index contributed by atoms with van der Waals surface area (Å²) in [6.07, 6.45) is 6.47. The highest BCUT2D eigenvalue weighted by molar-refractivity contribution is 5.75. The van der Waals surface area contributed by atoms with E-state index in [1.54, 1.807) is 4.68 Å². The molecule has 6 heteroatoms. The first-order valence-electron chi connectivity index (χ1n) is 7.36. The molecule has 1 heterocycles. The molecule has 0 aliphatic heterocycles. The molecule has 1 saturated carbocycles. The zero-order valence-corrected chi connectivity index (χ0v) is 12.6. The van der Waals surface area contributed by atoms with Gasteiger partial charge in [-0.3, -0.25) is 4.79 Å². The molecule has 0 atom stereocenters. The molecule has 0 unspecified atom stereocenters. The molecule has 0 aromatic carbocycles. The van der Waals surface area contributed by atoms with Gasteiger partial charge in [0.15, 0.2) is 0 Å². The summed E-state index contributed by atoms with van der Waals surface area (Å²) < 4.78 is 1.60. The molecule has 0 bridgehead atoms. The van der Waals surface area contributed by atoms with E-state index >= 15 is 0 Å². The summed E-state index contributed by atoms with van der Waals surface area (Å²) in [5, 5.41) is 14.5. The maximum atomic E-state index is 11.9. The predicted molar refractivity (Wildman–Crippen MR) is 77.0 cm³/mol. The van der Waals surface area contributed by atoms with Gasteiger partial charge in [0.25, 0.3) is 0 Å². The molecule has 1 aliphatic rings. The van der Waals surface area contributed by atoms with Crippen molar-refractivity contribution in [3.8, 4) is 0 Å². The Kier molecular flexibility index (Phi) is 4.75. The number of carbonyl (C=O) groups is 1. The Morgan fingerprint density at radius 1 is 1.40 bits per heavy atom. The zero-order valence-electron chi connectivity index (χ0n) is 12.6. The van der Waals surface area contributed by atoms with Gasteiger partial charge < -0.3 is 10.6 Å². The molecular weight excluding hydrogens is 254 g/mol. The second kappa shape index (κ2) is 6.35. The Balaban J connectivity index is 1.78. The minimum atomic E-state index is 0.0251. The lowest BCUT2D eigenvalue weighted by Crippen LogP contribution is -2.35. The molecule has 1 aromatic heterocycles. The van der Waals surface area contributed by atoms with E-state index in [1.807, 2.05) is 6.20 Å². The summed E-state index contributed by atoms with van der Waals surface area (Å²) in [5.41, 5.74) is 0.900. The predicted octanol–water partition coefficient (Wildman–Crippen LogP) is 1.22. The molecule has 0 spiro atoms. The smallest absolute Gasteiger partial charge is 0.242 e. The third kappa shape index (κ3) is 4.92. The van der Waals surface area contributed by atoms with E-state index in [0.717, 1.165) is 18.5 Å². The van der Waals surface area contributed by atoms with Crippen molar-refractivity contribution in [1.29, 1.82) is 0 Å². The number of nitrogens with one attached hydrogen (secondary N) is 2. The van der Waals surface area contributed by atoms with Gasteiger partial charge >= 0.3 is 0 Å². The standard InChI is InChI=1S/C14H25N5O/c1-14(2,3)15-8-12-9-19(18-17-12)10-13(20)16-11-6-4-5-7-11/h9,11,15H,4-8,10H2,1-3H3,(H,16,20). The summed E-state index contributed by atoms with van der Waals surface area (Å²) in [4.78, 5) is 11.9. The third-order valence-electron chi connectivity index (χ3n) is 3.41. The number of amides is 1. The van der Waals surface area contributed by atoms with E-state index in [9.17, 15) is 4.79 Å². The Bertz CT molecular complexity index is 443. The first-order chi connectivity index (χ1) is 9.42. The first kappa shape index (κ1) is 15.0. The monoisotopic (exact) mass is 279 g/mol. The van der Waals surface area contributed by atoms with Crippen molar-refractivity contribution in [3.05, 3.63) is 11.9 Å². The van der Waals surface area contributed by atoms with E-state index in [1.165, 1.54) is 12.8 Å². The van der Waals surface area contributed by atoms with E-state index in [4.69, 9.17) is 0 Å². The molecule has 20 heavy (non-hydrogen) atoms. The van der Waals surface area contributed by atoms with E-state index in [-0.39, 0.29) is 18.0 Å². The molecule has 1 aromatic rings. The normalized spacial score (nSPS) is 16.6. The molecule has 1 amide bonds. The molecule has 2 rings (SSSR count). The average molecular weight is 279 g/mol. The Morgan fingerprint density at radius 2 is 2.10 bits per heavy atom. The van der Waals surface area contributed by atoms with Crippen LogP contribution in [0.2, 0.25) is 0 Å². The van der Waals surface area contributed by atoms with Crippen LogP contribution in [0.5, 0.6) is 0 Å². The summed E-state index contributed by atoms with van der Waals surface area (Å²) in [6.45, 7) is 7.22. The van der Waals surface area contributed by atoms with Crippen LogP contribution in [0.1, 0.15) is 52.1 Å². The van der Waals surface area contributed by atoms with Gasteiger partial charge in [0.2, 0.25) is 5.91 Å². The topological polar surface area (TPSA) is 71.8 Å². The summed E-state index contributed by atoms with van der Waals surface area (Å²) in [7, 11) is 0. The fourth-order valence-electron chi connectivity index (χ4n) is 2.34. The van der Waals surface area contributed by atoms with Crippen molar-refractivity contribution in [2.24, 2.45) is 0 Å². The molecular formula is C14H25N5O. The molecule has 1 aliphatic carbocycles. The maximum absolute atomic E-state index is 11.9. The van der Waals surface area contributed by atoms with Crippen LogP contribution >= 0.6 is 0 Å². The van der Waals surface area contributed by atoms with Crippen LogP contribution in [-0.4, -0.2) is 32.5 Å². The number of rotatable bonds is 5. The van der Waals surface area contributed by atoms with Gasteiger partial charge in [-0.2, -0.15) is 0 Å². The van der Waals surface area contributed by atoms with Crippen LogP contribution in [0.3, 0.4) is 0 Å². The number of hydrogen-bond acceptors (Lipinski definition) is 4.